The van der Waals surface area contributed by atoms with Gasteiger partial charge in [0.05, 0.1) is 17.9 Å². The molecule has 4 rings (SSSR count). The van der Waals surface area contributed by atoms with E-state index in [9.17, 15) is 9.59 Å². The number of carbonyl (C=O) groups excluding carboxylic acids is 2. The van der Waals surface area contributed by atoms with Crippen LogP contribution in [0.3, 0.4) is 0 Å². The highest BCUT2D eigenvalue weighted by Crippen LogP contribution is 2.46. The topological polar surface area (TPSA) is 86.1 Å². The first-order chi connectivity index (χ1) is 14.0. The maximum Gasteiger partial charge on any atom is 0.341 e. The zero-order valence-electron chi connectivity index (χ0n) is 17.0. The van der Waals surface area contributed by atoms with Gasteiger partial charge in [0.2, 0.25) is 5.91 Å². The summed E-state index contributed by atoms with van der Waals surface area (Å²) in [5.41, 5.74) is 1.37. The van der Waals surface area contributed by atoms with Crippen molar-refractivity contribution in [3.8, 4) is 0 Å². The van der Waals surface area contributed by atoms with Crippen LogP contribution in [-0.4, -0.2) is 39.0 Å². The number of aromatic nitrogens is 3. The van der Waals surface area contributed by atoms with Crippen molar-refractivity contribution < 1.29 is 14.3 Å². The molecule has 156 valence electrons. The minimum Gasteiger partial charge on any atom is -0.462 e. The maximum atomic E-state index is 12.6. The number of esters is 1. The van der Waals surface area contributed by atoms with Crippen molar-refractivity contribution in [3.63, 3.8) is 0 Å². The second-order valence-corrected chi connectivity index (χ2v) is 9.53. The van der Waals surface area contributed by atoms with Gasteiger partial charge in [-0.3, -0.25) is 4.79 Å². The number of thioether (sulfide) groups is 1. The Morgan fingerprint density at radius 2 is 2.00 bits per heavy atom. The van der Waals surface area contributed by atoms with Gasteiger partial charge in [0.25, 0.3) is 0 Å². The number of rotatable bonds is 9. The summed E-state index contributed by atoms with van der Waals surface area (Å²) in [4.78, 5) is 26.1. The van der Waals surface area contributed by atoms with E-state index in [4.69, 9.17) is 4.74 Å². The maximum absolute atomic E-state index is 12.6. The molecule has 0 unspecified atom stereocenters. The van der Waals surface area contributed by atoms with Crippen LogP contribution in [0.25, 0.3) is 0 Å². The Morgan fingerprint density at radius 1 is 1.24 bits per heavy atom. The molecule has 7 nitrogen and oxygen atoms in total. The summed E-state index contributed by atoms with van der Waals surface area (Å²) in [6.07, 6.45) is 5.50. The Bertz CT molecular complexity index is 929. The first-order valence-corrected chi connectivity index (χ1v) is 12.0. The van der Waals surface area contributed by atoms with Gasteiger partial charge < -0.3 is 14.6 Å². The summed E-state index contributed by atoms with van der Waals surface area (Å²) in [7, 11) is 0. The quantitative estimate of drug-likeness (QED) is 0.467. The number of thiophene rings is 1. The van der Waals surface area contributed by atoms with Gasteiger partial charge in [0.1, 0.15) is 10.8 Å². The summed E-state index contributed by atoms with van der Waals surface area (Å²) >= 11 is 2.87. The predicted octanol–water partition coefficient (Wildman–Crippen LogP) is 4.33. The van der Waals surface area contributed by atoms with E-state index in [0.717, 1.165) is 40.7 Å². The van der Waals surface area contributed by atoms with E-state index in [-0.39, 0.29) is 17.6 Å². The number of nitrogens with one attached hydrogen (secondary N) is 1. The van der Waals surface area contributed by atoms with Crippen LogP contribution in [0.5, 0.6) is 0 Å². The number of aryl methyl sites for hydroxylation is 1. The Labute approximate surface area is 178 Å². The average Bonchev–Trinajstić information content (AvgIpc) is 3.63. The van der Waals surface area contributed by atoms with Crippen LogP contribution in [-0.2, 0) is 16.0 Å². The molecule has 2 heterocycles. The van der Waals surface area contributed by atoms with Crippen LogP contribution >= 0.6 is 23.1 Å². The average molecular weight is 435 g/mol. The van der Waals surface area contributed by atoms with Crippen LogP contribution in [0.1, 0.15) is 78.1 Å². The van der Waals surface area contributed by atoms with Gasteiger partial charge >= 0.3 is 5.97 Å². The van der Waals surface area contributed by atoms with Crippen molar-refractivity contribution >= 4 is 40.0 Å². The third kappa shape index (κ3) is 4.35. The lowest BCUT2D eigenvalue weighted by Gasteiger charge is -2.09. The van der Waals surface area contributed by atoms with Gasteiger partial charge in [-0.1, -0.05) is 18.7 Å². The van der Waals surface area contributed by atoms with Crippen molar-refractivity contribution in [2.75, 3.05) is 17.7 Å². The molecule has 0 spiro atoms. The van der Waals surface area contributed by atoms with E-state index in [1.807, 2.05) is 13.8 Å². The molecule has 2 aromatic heterocycles. The van der Waals surface area contributed by atoms with E-state index in [1.54, 1.807) is 6.92 Å². The number of anilines is 1. The zero-order chi connectivity index (χ0) is 20.5. The smallest absolute Gasteiger partial charge is 0.341 e. The minimum atomic E-state index is -0.383. The number of carbonyl (C=O) groups is 2. The zero-order valence-corrected chi connectivity index (χ0v) is 18.6. The fourth-order valence-electron chi connectivity index (χ4n) is 3.41. The lowest BCUT2D eigenvalue weighted by molar-refractivity contribution is -0.113. The van der Waals surface area contributed by atoms with Gasteiger partial charge in [-0.2, -0.15) is 0 Å². The van der Waals surface area contributed by atoms with Crippen molar-refractivity contribution in [1.29, 1.82) is 0 Å². The van der Waals surface area contributed by atoms with Gasteiger partial charge in [-0.25, -0.2) is 4.79 Å². The molecule has 0 bridgehead atoms. The third-order valence-electron chi connectivity index (χ3n) is 5.18. The molecular weight excluding hydrogens is 408 g/mol. The lowest BCUT2D eigenvalue weighted by atomic mass is 10.1. The molecule has 29 heavy (non-hydrogen) atoms. The minimum absolute atomic E-state index is 0.150. The molecule has 2 saturated carbocycles. The number of hydrogen-bond donors (Lipinski definition) is 1. The summed E-state index contributed by atoms with van der Waals surface area (Å²) in [5.74, 6) is 1.33. The Hall–Kier alpha value is -1.87. The molecule has 2 aliphatic carbocycles. The van der Waals surface area contributed by atoms with Crippen molar-refractivity contribution in [2.24, 2.45) is 0 Å². The molecular formula is C20H26N4O3S2. The van der Waals surface area contributed by atoms with Crippen molar-refractivity contribution in [1.82, 2.24) is 14.8 Å². The molecule has 0 atom stereocenters. The van der Waals surface area contributed by atoms with E-state index in [2.05, 4.69) is 20.1 Å². The lowest BCUT2D eigenvalue weighted by Crippen LogP contribution is -2.17. The molecule has 1 N–H and O–H groups in total. The Morgan fingerprint density at radius 3 is 2.62 bits per heavy atom. The molecule has 2 aliphatic rings. The number of hydrogen-bond acceptors (Lipinski definition) is 7. The highest BCUT2D eigenvalue weighted by Gasteiger charge is 2.36. The number of amides is 1. The Kier molecular flexibility index (Phi) is 5.96. The van der Waals surface area contributed by atoms with Crippen LogP contribution in [0.15, 0.2) is 5.16 Å². The normalized spacial score (nSPS) is 16.1. The van der Waals surface area contributed by atoms with Crippen LogP contribution in [0.4, 0.5) is 5.00 Å². The molecule has 0 aromatic carbocycles. The number of nitrogens with zero attached hydrogens (tertiary/aromatic N) is 3. The fourth-order valence-corrected chi connectivity index (χ4v) is 5.37. The predicted molar refractivity (Wildman–Crippen MR) is 114 cm³/mol. The van der Waals surface area contributed by atoms with E-state index < -0.39 is 0 Å². The van der Waals surface area contributed by atoms with E-state index in [1.165, 1.54) is 35.9 Å². The molecule has 0 radical (unpaired) electrons. The van der Waals surface area contributed by atoms with Crippen LogP contribution in [0.2, 0.25) is 0 Å². The van der Waals surface area contributed by atoms with Crippen molar-refractivity contribution in [3.05, 3.63) is 21.8 Å². The van der Waals surface area contributed by atoms with E-state index >= 15 is 0 Å². The highest BCUT2D eigenvalue weighted by molar-refractivity contribution is 7.99. The monoisotopic (exact) mass is 434 g/mol. The first-order valence-electron chi connectivity index (χ1n) is 10.2. The summed E-state index contributed by atoms with van der Waals surface area (Å²) in [5, 5.41) is 13.1. The van der Waals surface area contributed by atoms with Crippen LogP contribution < -0.4 is 5.32 Å². The first kappa shape index (κ1) is 20.4. The summed E-state index contributed by atoms with van der Waals surface area (Å²) in [6.45, 7) is 6.03. The molecule has 2 aromatic rings. The molecule has 0 saturated heterocycles. The molecule has 9 heteroatoms. The van der Waals surface area contributed by atoms with E-state index in [0.29, 0.717) is 29.1 Å². The standard InChI is InChI=1S/C20H26N4O3S2/c1-4-14-11(3)16(19(26)27-5-2)18(29-14)21-15(25)10-28-20-23-22-17(12-6-7-12)24(20)13-8-9-13/h12-13H,4-10H2,1-3H3,(H,21,25). The highest BCUT2D eigenvalue weighted by atomic mass is 32.2. The summed E-state index contributed by atoms with van der Waals surface area (Å²) in [6, 6.07) is 0.494. The number of ether oxygens (including phenoxy) is 1. The van der Waals surface area contributed by atoms with Gasteiger partial charge in [0, 0.05) is 16.8 Å². The molecule has 0 aliphatic heterocycles. The molecule has 2 fully saturated rings. The molecule has 1 amide bonds. The Balaban J connectivity index is 1.45. The largest absolute Gasteiger partial charge is 0.462 e. The second kappa shape index (κ2) is 8.47. The van der Waals surface area contributed by atoms with Gasteiger partial charge in [0.15, 0.2) is 5.16 Å². The van der Waals surface area contributed by atoms with Gasteiger partial charge in [-0.15, -0.1) is 21.5 Å². The van der Waals surface area contributed by atoms with Crippen LogP contribution in [0, 0.1) is 6.92 Å². The second-order valence-electron chi connectivity index (χ2n) is 7.48. The van der Waals surface area contributed by atoms with Gasteiger partial charge in [-0.05, 0) is 51.5 Å². The fraction of sp³-hybridized carbons (Fsp3) is 0.600. The summed E-state index contributed by atoms with van der Waals surface area (Å²) < 4.78 is 7.43. The van der Waals surface area contributed by atoms with Crippen molar-refractivity contribution in [2.45, 2.75) is 70.0 Å². The SMILES string of the molecule is CCOC(=O)c1c(NC(=O)CSc2nnc(C3CC3)n2C2CC2)sc(CC)c1C. The third-order valence-corrected chi connectivity index (χ3v) is 7.47.